The summed E-state index contributed by atoms with van der Waals surface area (Å²) >= 11 is 0. The van der Waals surface area contributed by atoms with Crippen LogP contribution in [0.3, 0.4) is 0 Å². The van der Waals surface area contributed by atoms with E-state index in [0.29, 0.717) is 0 Å². The lowest BCUT2D eigenvalue weighted by Crippen LogP contribution is -1.82. The topological polar surface area (TPSA) is 0 Å². The Labute approximate surface area is 128 Å². The highest BCUT2D eigenvalue weighted by Crippen LogP contribution is 2.12. The van der Waals surface area contributed by atoms with Gasteiger partial charge in [-0.25, -0.2) is 0 Å². The Balaban J connectivity index is 3.10. The highest BCUT2D eigenvalue weighted by atomic mass is 14.0. The third kappa shape index (κ3) is 15.5. The van der Waals surface area contributed by atoms with Crippen molar-refractivity contribution in [2.45, 2.75) is 104 Å². The molecule has 0 spiro atoms. The van der Waals surface area contributed by atoms with E-state index < -0.39 is 0 Å². The highest BCUT2D eigenvalue weighted by Gasteiger charge is 1.92. The molecule has 0 aliphatic carbocycles. The molecule has 0 heteroatoms. The molecule has 0 aliphatic rings. The van der Waals surface area contributed by atoms with E-state index in [2.05, 4.69) is 32.6 Å². The van der Waals surface area contributed by atoms with Crippen molar-refractivity contribution in [2.24, 2.45) is 0 Å². The zero-order valence-corrected chi connectivity index (χ0v) is 14.3. The van der Waals surface area contributed by atoms with E-state index in [-0.39, 0.29) is 0 Å². The summed E-state index contributed by atoms with van der Waals surface area (Å²) in [6.07, 6.45) is 23.7. The molecular formula is C20H38. The Kier molecular flexibility index (Phi) is 16.1. The number of rotatable bonds is 15. The van der Waals surface area contributed by atoms with E-state index in [1.54, 1.807) is 0 Å². The normalized spacial score (nSPS) is 11.3. The van der Waals surface area contributed by atoms with Gasteiger partial charge < -0.3 is 0 Å². The minimum absolute atomic E-state index is 1.15. The van der Waals surface area contributed by atoms with Gasteiger partial charge in [0, 0.05) is 0 Å². The van der Waals surface area contributed by atoms with Crippen molar-refractivity contribution >= 4 is 0 Å². The van der Waals surface area contributed by atoms with E-state index in [4.69, 9.17) is 0 Å². The van der Waals surface area contributed by atoms with Crippen molar-refractivity contribution in [3.8, 4) is 0 Å². The van der Waals surface area contributed by atoms with Gasteiger partial charge in [0.25, 0.3) is 0 Å². The van der Waals surface area contributed by atoms with E-state index in [1.807, 2.05) is 0 Å². The molecule has 0 atom stereocenters. The first-order valence-electron chi connectivity index (χ1n) is 9.12. The maximum atomic E-state index is 4.06. The molecule has 0 aromatic heterocycles. The summed E-state index contributed by atoms with van der Waals surface area (Å²) in [5.74, 6) is 0. The summed E-state index contributed by atoms with van der Waals surface area (Å²) in [7, 11) is 0. The Hall–Kier alpha value is -0.520. The molecule has 0 aromatic carbocycles. The quantitative estimate of drug-likeness (QED) is 0.214. The fourth-order valence-corrected chi connectivity index (χ4v) is 2.45. The molecule has 0 N–H and O–H groups in total. The lowest BCUT2D eigenvalue weighted by molar-refractivity contribution is 0.610. The summed E-state index contributed by atoms with van der Waals surface area (Å²) in [5.41, 5.74) is 1.42. The van der Waals surface area contributed by atoms with Crippen molar-refractivity contribution < 1.29 is 0 Å². The zero-order chi connectivity index (χ0) is 14.9. The molecular weight excluding hydrogens is 240 g/mol. The Morgan fingerprint density at radius 1 is 0.700 bits per heavy atom. The summed E-state index contributed by atoms with van der Waals surface area (Å²) in [5, 5.41) is 0. The summed E-state index contributed by atoms with van der Waals surface area (Å²) in [4.78, 5) is 0. The fraction of sp³-hybridized carbons (Fsp3) is 0.800. The molecule has 0 aliphatic heterocycles. The van der Waals surface area contributed by atoms with Gasteiger partial charge in [0.1, 0.15) is 0 Å². The summed E-state index contributed by atoms with van der Waals surface area (Å²) in [6.45, 7) is 8.55. The molecule has 0 saturated carbocycles. The van der Waals surface area contributed by atoms with Crippen LogP contribution in [0.1, 0.15) is 104 Å². The van der Waals surface area contributed by atoms with Gasteiger partial charge in [-0.1, -0.05) is 83.1 Å². The maximum Gasteiger partial charge on any atom is -0.0323 e. The van der Waals surface area contributed by atoms with Crippen molar-refractivity contribution in [1.82, 2.24) is 0 Å². The molecule has 0 radical (unpaired) electrons. The van der Waals surface area contributed by atoms with Crippen LogP contribution < -0.4 is 0 Å². The van der Waals surface area contributed by atoms with Crippen LogP contribution in [0.15, 0.2) is 24.3 Å². The van der Waals surface area contributed by atoms with Crippen LogP contribution in [-0.2, 0) is 0 Å². The first kappa shape index (κ1) is 19.5. The SMILES string of the molecule is C=C(CC)CCCCCC/C=C/CCCCCCCC. The van der Waals surface area contributed by atoms with E-state index >= 15 is 0 Å². The minimum Gasteiger partial charge on any atom is -0.0999 e. The molecule has 0 bridgehead atoms. The van der Waals surface area contributed by atoms with Crippen molar-refractivity contribution in [3.05, 3.63) is 24.3 Å². The zero-order valence-electron chi connectivity index (χ0n) is 14.3. The average molecular weight is 279 g/mol. The second-order valence-corrected chi connectivity index (χ2v) is 6.08. The lowest BCUT2D eigenvalue weighted by atomic mass is 10.0. The Morgan fingerprint density at radius 2 is 1.20 bits per heavy atom. The molecule has 0 nitrogen and oxygen atoms in total. The van der Waals surface area contributed by atoms with Crippen molar-refractivity contribution in [2.75, 3.05) is 0 Å². The van der Waals surface area contributed by atoms with Gasteiger partial charge in [-0.2, -0.15) is 0 Å². The minimum atomic E-state index is 1.15. The molecule has 118 valence electrons. The average Bonchev–Trinajstić information content (AvgIpc) is 2.47. The summed E-state index contributed by atoms with van der Waals surface area (Å²) < 4.78 is 0. The van der Waals surface area contributed by atoms with Crippen LogP contribution in [0.5, 0.6) is 0 Å². The molecule has 0 rings (SSSR count). The predicted octanol–water partition coefficient (Wildman–Crippen LogP) is 7.60. The third-order valence-electron chi connectivity index (χ3n) is 4.04. The predicted molar refractivity (Wildman–Crippen MR) is 94.3 cm³/mol. The Bertz CT molecular complexity index is 224. The summed E-state index contributed by atoms with van der Waals surface area (Å²) in [6, 6.07) is 0. The first-order chi connectivity index (χ1) is 9.81. The number of hydrogen-bond donors (Lipinski definition) is 0. The van der Waals surface area contributed by atoms with Crippen molar-refractivity contribution in [3.63, 3.8) is 0 Å². The lowest BCUT2D eigenvalue weighted by Gasteiger charge is -2.01. The van der Waals surface area contributed by atoms with Gasteiger partial charge in [0.15, 0.2) is 0 Å². The second kappa shape index (κ2) is 16.5. The van der Waals surface area contributed by atoms with Crippen LogP contribution in [0.25, 0.3) is 0 Å². The van der Waals surface area contributed by atoms with Crippen LogP contribution >= 0.6 is 0 Å². The molecule has 20 heavy (non-hydrogen) atoms. The number of hydrogen-bond acceptors (Lipinski definition) is 0. The van der Waals surface area contributed by atoms with Gasteiger partial charge >= 0.3 is 0 Å². The molecule has 0 aromatic rings. The monoisotopic (exact) mass is 278 g/mol. The van der Waals surface area contributed by atoms with Gasteiger partial charge in [0.2, 0.25) is 0 Å². The maximum absolute atomic E-state index is 4.06. The number of unbranched alkanes of at least 4 members (excludes halogenated alkanes) is 10. The smallest absolute Gasteiger partial charge is 0.0323 e. The first-order valence-corrected chi connectivity index (χ1v) is 9.12. The van der Waals surface area contributed by atoms with Gasteiger partial charge in [0.05, 0.1) is 0 Å². The molecule has 0 heterocycles. The second-order valence-electron chi connectivity index (χ2n) is 6.08. The van der Waals surface area contributed by atoms with E-state index in [9.17, 15) is 0 Å². The molecule has 0 saturated heterocycles. The van der Waals surface area contributed by atoms with Gasteiger partial charge in [-0.3, -0.25) is 0 Å². The van der Waals surface area contributed by atoms with Gasteiger partial charge in [-0.15, -0.1) is 0 Å². The molecule has 0 unspecified atom stereocenters. The molecule has 0 fully saturated rings. The van der Waals surface area contributed by atoms with Crippen LogP contribution in [-0.4, -0.2) is 0 Å². The van der Waals surface area contributed by atoms with Crippen LogP contribution in [0.4, 0.5) is 0 Å². The molecule has 0 amide bonds. The fourth-order valence-electron chi connectivity index (χ4n) is 2.45. The van der Waals surface area contributed by atoms with Crippen LogP contribution in [0, 0.1) is 0 Å². The van der Waals surface area contributed by atoms with Crippen molar-refractivity contribution in [1.29, 1.82) is 0 Å². The highest BCUT2D eigenvalue weighted by molar-refractivity contribution is 4.91. The van der Waals surface area contributed by atoms with Crippen LogP contribution in [0.2, 0.25) is 0 Å². The third-order valence-corrected chi connectivity index (χ3v) is 4.04. The largest absolute Gasteiger partial charge is 0.0999 e. The van der Waals surface area contributed by atoms with E-state index in [1.165, 1.54) is 89.0 Å². The Morgan fingerprint density at radius 3 is 1.75 bits per heavy atom. The van der Waals surface area contributed by atoms with Gasteiger partial charge in [-0.05, 0) is 44.9 Å². The number of allylic oxidation sites excluding steroid dienone is 3. The van der Waals surface area contributed by atoms with E-state index in [0.717, 1.165) is 6.42 Å². The standard InChI is InChI=1S/C20H38/c1-4-6-7-8-9-10-11-12-13-14-15-16-17-18-19-20(3)5-2/h12-13H,3-11,14-19H2,1-2H3/b13-12+.